The molecule has 0 atom stereocenters. The maximum Gasteiger partial charge on any atom is 0.317 e. The zero-order valence-electron chi connectivity index (χ0n) is 16.7. The van der Waals surface area contributed by atoms with Gasteiger partial charge in [-0.2, -0.15) is 0 Å². The van der Waals surface area contributed by atoms with Crippen molar-refractivity contribution >= 4 is 17.7 Å². The molecule has 1 amide bonds. The molecule has 0 unspecified atom stereocenters. The van der Waals surface area contributed by atoms with Gasteiger partial charge in [0.1, 0.15) is 5.75 Å². The molecule has 7 nitrogen and oxygen atoms in total. The molecular formula is C21H30N2O5. The van der Waals surface area contributed by atoms with Crippen LogP contribution in [0.3, 0.4) is 0 Å². The van der Waals surface area contributed by atoms with Crippen LogP contribution >= 0.6 is 0 Å². The van der Waals surface area contributed by atoms with Gasteiger partial charge >= 0.3 is 5.97 Å². The van der Waals surface area contributed by atoms with Crippen molar-refractivity contribution in [2.45, 2.75) is 45.1 Å². The molecule has 1 heterocycles. The molecule has 0 bridgehead atoms. The highest BCUT2D eigenvalue weighted by atomic mass is 16.5. The second kappa shape index (κ2) is 10.8. The number of hydrogen-bond acceptors (Lipinski definition) is 5. The first kappa shape index (κ1) is 21.9. The summed E-state index contributed by atoms with van der Waals surface area (Å²) >= 11 is 0. The van der Waals surface area contributed by atoms with Gasteiger partial charge in [0.15, 0.2) is 5.78 Å². The van der Waals surface area contributed by atoms with Crippen molar-refractivity contribution in [2.24, 2.45) is 0 Å². The van der Waals surface area contributed by atoms with Crippen molar-refractivity contribution in [2.75, 3.05) is 33.3 Å². The number of ketones is 1. The third kappa shape index (κ3) is 6.34. The van der Waals surface area contributed by atoms with Crippen LogP contribution < -0.4 is 4.74 Å². The van der Waals surface area contributed by atoms with Crippen LogP contribution in [0, 0.1) is 0 Å². The molecule has 1 N–H and O–H groups in total. The number of likely N-dealkylation sites (N-methyl/N-ethyl adjacent to an activating group) is 1. The number of Topliss-reactive ketones (excluding diaryl/α,β-unsaturated/α-hetero) is 1. The van der Waals surface area contributed by atoms with Gasteiger partial charge in [-0.25, -0.2) is 0 Å². The third-order valence-corrected chi connectivity index (χ3v) is 5.28. The van der Waals surface area contributed by atoms with Crippen LogP contribution in [0.1, 0.15) is 49.4 Å². The molecule has 28 heavy (non-hydrogen) atoms. The van der Waals surface area contributed by atoms with Gasteiger partial charge in [0.05, 0.1) is 13.7 Å². The van der Waals surface area contributed by atoms with Gasteiger partial charge in [-0.05, 0) is 50.1 Å². The number of rotatable bonds is 10. The number of methoxy groups -OCH3 is 1. The minimum atomic E-state index is -0.818. The van der Waals surface area contributed by atoms with Crippen molar-refractivity contribution in [3.05, 3.63) is 29.8 Å². The van der Waals surface area contributed by atoms with E-state index in [-0.39, 0.29) is 24.3 Å². The number of likely N-dealkylation sites (tertiary alicyclic amines) is 1. The summed E-state index contributed by atoms with van der Waals surface area (Å²) in [4.78, 5) is 39.4. The first-order valence-electron chi connectivity index (χ1n) is 9.85. The van der Waals surface area contributed by atoms with Crippen LogP contribution in [0.4, 0.5) is 0 Å². The van der Waals surface area contributed by atoms with E-state index >= 15 is 0 Å². The molecule has 0 saturated carbocycles. The summed E-state index contributed by atoms with van der Waals surface area (Å²) in [6, 6.07) is 7.20. The SMILES string of the molecule is CCN(CC(=O)O)C1CCN(C(=O)CCCC(=O)c2ccc(OC)cc2)CC1. The Labute approximate surface area is 166 Å². The Hall–Kier alpha value is -2.41. The van der Waals surface area contributed by atoms with Gasteiger partial charge in [0, 0.05) is 37.5 Å². The molecular weight excluding hydrogens is 360 g/mol. The van der Waals surface area contributed by atoms with E-state index in [0.717, 1.165) is 12.8 Å². The number of nitrogens with zero attached hydrogens (tertiary/aromatic N) is 2. The fraction of sp³-hybridized carbons (Fsp3) is 0.571. The zero-order valence-corrected chi connectivity index (χ0v) is 16.7. The first-order chi connectivity index (χ1) is 13.4. The minimum absolute atomic E-state index is 0.0291. The summed E-state index contributed by atoms with van der Waals surface area (Å²) in [5.41, 5.74) is 0.632. The highest BCUT2D eigenvalue weighted by Crippen LogP contribution is 2.18. The number of benzene rings is 1. The lowest BCUT2D eigenvalue weighted by atomic mass is 10.0. The van der Waals surface area contributed by atoms with Gasteiger partial charge in [0.25, 0.3) is 0 Å². The molecule has 1 aliphatic rings. The second-order valence-corrected chi connectivity index (χ2v) is 7.07. The number of aliphatic carboxylic acids is 1. The summed E-state index contributed by atoms with van der Waals surface area (Å²) < 4.78 is 5.08. The van der Waals surface area contributed by atoms with Gasteiger partial charge in [-0.15, -0.1) is 0 Å². The Morgan fingerprint density at radius 2 is 1.79 bits per heavy atom. The van der Waals surface area contributed by atoms with Crippen molar-refractivity contribution in [1.82, 2.24) is 9.80 Å². The fourth-order valence-electron chi connectivity index (χ4n) is 3.63. The molecule has 7 heteroatoms. The number of carbonyl (C=O) groups is 3. The number of carboxylic acid groups (broad SMARTS) is 1. The molecule has 1 saturated heterocycles. The van der Waals surface area contributed by atoms with E-state index in [2.05, 4.69) is 0 Å². The number of ether oxygens (including phenoxy) is 1. The molecule has 1 aromatic rings. The monoisotopic (exact) mass is 390 g/mol. The Morgan fingerprint density at radius 1 is 1.14 bits per heavy atom. The molecule has 0 radical (unpaired) electrons. The highest BCUT2D eigenvalue weighted by Gasteiger charge is 2.27. The molecule has 0 spiro atoms. The summed E-state index contributed by atoms with van der Waals surface area (Å²) in [5.74, 6) is -0.00862. The van der Waals surface area contributed by atoms with Crippen LogP contribution in [0.5, 0.6) is 5.75 Å². The number of piperidine rings is 1. The van der Waals surface area contributed by atoms with E-state index in [0.29, 0.717) is 50.2 Å². The number of carboxylic acids is 1. The molecule has 1 fully saturated rings. The fourth-order valence-corrected chi connectivity index (χ4v) is 3.63. The Balaban J connectivity index is 1.72. The third-order valence-electron chi connectivity index (χ3n) is 5.28. The highest BCUT2D eigenvalue weighted by molar-refractivity contribution is 5.96. The summed E-state index contributed by atoms with van der Waals surface area (Å²) in [6.07, 6.45) is 2.81. The molecule has 1 aromatic carbocycles. The van der Waals surface area contributed by atoms with Crippen molar-refractivity contribution in [1.29, 1.82) is 0 Å². The van der Waals surface area contributed by atoms with Gasteiger partial charge in [0.2, 0.25) is 5.91 Å². The zero-order chi connectivity index (χ0) is 20.5. The summed E-state index contributed by atoms with van der Waals surface area (Å²) in [7, 11) is 1.58. The van der Waals surface area contributed by atoms with Crippen molar-refractivity contribution < 1.29 is 24.2 Å². The van der Waals surface area contributed by atoms with Gasteiger partial charge in [-0.1, -0.05) is 6.92 Å². The van der Waals surface area contributed by atoms with E-state index in [1.54, 1.807) is 31.4 Å². The Kier molecular flexibility index (Phi) is 8.44. The van der Waals surface area contributed by atoms with Crippen LogP contribution in [0.2, 0.25) is 0 Å². The number of hydrogen-bond donors (Lipinski definition) is 1. The summed E-state index contributed by atoms with van der Waals surface area (Å²) in [5, 5.41) is 9.00. The molecule has 0 aliphatic carbocycles. The predicted molar refractivity (Wildman–Crippen MR) is 106 cm³/mol. The maximum absolute atomic E-state index is 12.4. The Bertz CT molecular complexity index is 666. The molecule has 1 aliphatic heterocycles. The summed E-state index contributed by atoms with van der Waals surface area (Å²) in [6.45, 7) is 3.99. The topological polar surface area (TPSA) is 87.2 Å². The average molecular weight is 390 g/mol. The van der Waals surface area contributed by atoms with E-state index in [9.17, 15) is 14.4 Å². The van der Waals surface area contributed by atoms with E-state index in [1.807, 2.05) is 16.7 Å². The molecule has 2 rings (SSSR count). The largest absolute Gasteiger partial charge is 0.497 e. The second-order valence-electron chi connectivity index (χ2n) is 7.07. The average Bonchev–Trinajstić information content (AvgIpc) is 2.71. The standard InChI is InChI=1S/C21H30N2O5/c1-3-22(15-21(26)27)17-11-13-23(14-12-17)20(25)6-4-5-19(24)16-7-9-18(28-2)10-8-16/h7-10,17H,3-6,11-15H2,1-2H3,(H,26,27). The van der Waals surface area contributed by atoms with E-state index in [1.165, 1.54) is 0 Å². The normalized spacial score (nSPS) is 14.9. The molecule has 0 aromatic heterocycles. The van der Waals surface area contributed by atoms with Crippen molar-refractivity contribution in [3.63, 3.8) is 0 Å². The number of amides is 1. The van der Waals surface area contributed by atoms with E-state index in [4.69, 9.17) is 9.84 Å². The lowest BCUT2D eigenvalue weighted by Gasteiger charge is -2.37. The maximum atomic E-state index is 12.4. The lowest BCUT2D eigenvalue weighted by molar-refractivity contribution is -0.140. The van der Waals surface area contributed by atoms with Crippen LogP contribution in [0.15, 0.2) is 24.3 Å². The van der Waals surface area contributed by atoms with Crippen LogP contribution in [-0.4, -0.2) is 71.9 Å². The van der Waals surface area contributed by atoms with Crippen LogP contribution in [0.25, 0.3) is 0 Å². The first-order valence-corrected chi connectivity index (χ1v) is 9.85. The number of carbonyl (C=O) groups excluding carboxylic acids is 2. The van der Waals surface area contributed by atoms with Gasteiger partial charge < -0.3 is 14.7 Å². The van der Waals surface area contributed by atoms with E-state index < -0.39 is 5.97 Å². The lowest BCUT2D eigenvalue weighted by Crippen LogP contribution is -2.48. The van der Waals surface area contributed by atoms with Crippen molar-refractivity contribution in [3.8, 4) is 5.75 Å². The molecule has 154 valence electrons. The van der Waals surface area contributed by atoms with Crippen LogP contribution in [-0.2, 0) is 9.59 Å². The van der Waals surface area contributed by atoms with Gasteiger partial charge in [-0.3, -0.25) is 19.3 Å². The quantitative estimate of drug-likeness (QED) is 0.618. The Morgan fingerprint density at radius 3 is 2.32 bits per heavy atom. The smallest absolute Gasteiger partial charge is 0.317 e. The minimum Gasteiger partial charge on any atom is -0.497 e. The predicted octanol–water partition coefficient (Wildman–Crippen LogP) is 2.45.